The average molecular weight is 173 g/mol. The van der Waals surface area contributed by atoms with Crippen molar-refractivity contribution in [2.24, 2.45) is 4.99 Å². The van der Waals surface area contributed by atoms with E-state index in [0.29, 0.717) is 5.92 Å². The minimum atomic E-state index is 0.498. The Labute approximate surface area is 76.8 Å². The number of aliphatic imine (C=N–C) groups is 1. The van der Waals surface area contributed by atoms with E-state index in [1.54, 1.807) is 0 Å². The Bertz CT molecular complexity index is 370. The standard InChI is InChI=1S/C10H11N3/c1-2-4-9-7(3-1)8-5-6-11-13-10(8)12-9/h1-4,8,11H,5-6H2,(H,12,13). The highest BCUT2D eigenvalue weighted by atomic mass is 15.4. The molecule has 13 heavy (non-hydrogen) atoms. The molecule has 3 rings (SSSR count). The highest BCUT2D eigenvalue weighted by molar-refractivity contribution is 5.96. The number of hydrogen-bond donors (Lipinski definition) is 2. The summed E-state index contributed by atoms with van der Waals surface area (Å²) in [4.78, 5) is 4.52. The smallest absolute Gasteiger partial charge is 0.124 e. The van der Waals surface area contributed by atoms with Crippen molar-refractivity contribution < 1.29 is 0 Å². The number of nitrogens with one attached hydrogen (secondary N) is 2. The van der Waals surface area contributed by atoms with Crippen LogP contribution < -0.4 is 10.9 Å². The fourth-order valence-corrected chi connectivity index (χ4v) is 2.02. The van der Waals surface area contributed by atoms with Crippen LogP contribution in [0.4, 0.5) is 5.69 Å². The van der Waals surface area contributed by atoms with Crippen LogP contribution in [0.15, 0.2) is 29.3 Å². The molecule has 3 heteroatoms. The third-order valence-electron chi connectivity index (χ3n) is 2.66. The van der Waals surface area contributed by atoms with E-state index in [1.165, 1.54) is 5.56 Å². The summed E-state index contributed by atoms with van der Waals surface area (Å²) >= 11 is 0. The molecule has 0 saturated carbocycles. The second-order valence-electron chi connectivity index (χ2n) is 3.45. The summed E-state index contributed by atoms with van der Waals surface area (Å²) in [5.74, 6) is 1.57. The van der Waals surface area contributed by atoms with Crippen LogP contribution in [0, 0.1) is 0 Å². The van der Waals surface area contributed by atoms with Crippen LogP contribution in [0.2, 0.25) is 0 Å². The largest absolute Gasteiger partial charge is 0.309 e. The van der Waals surface area contributed by atoms with Crippen molar-refractivity contribution in [3.05, 3.63) is 29.8 Å². The van der Waals surface area contributed by atoms with Crippen LogP contribution in [0.25, 0.3) is 0 Å². The van der Waals surface area contributed by atoms with Gasteiger partial charge in [-0.1, -0.05) is 18.2 Å². The Morgan fingerprint density at radius 2 is 2.23 bits per heavy atom. The summed E-state index contributed by atoms with van der Waals surface area (Å²) in [6, 6.07) is 8.36. The maximum atomic E-state index is 4.52. The summed E-state index contributed by atoms with van der Waals surface area (Å²) in [5, 5.41) is 0. The fraction of sp³-hybridized carbons (Fsp3) is 0.300. The molecule has 1 unspecified atom stereocenters. The van der Waals surface area contributed by atoms with Gasteiger partial charge in [0.05, 0.1) is 5.69 Å². The van der Waals surface area contributed by atoms with Gasteiger partial charge in [0.15, 0.2) is 0 Å². The van der Waals surface area contributed by atoms with Gasteiger partial charge in [0.25, 0.3) is 0 Å². The monoisotopic (exact) mass is 173 g/mol. The number of rotatable bonds is 0. The van der Waals surface area contributed by atoms with Crippen molar-refractivity contribution in [3.8, 4) is 0 Å². The van der Waals surface area contributed by atoms with Crippen LogP contribution in [-0.4, -0.2) is 12.4 Å². The van der Waals surface area contributed by atoms with E-state index in [9.17, 15) is 0 Å². The van der Waals surface area contributed by atoms with Crippen LogP contribution >= 0.6 is 0 Å². The number of para-hydroxylation sites is 1. The molecule has 0 amide bonds. The van der Waals surface area contributed by atoms with Gasteiger partial charge in [0, 0.05) is 12.5 Å². The van der Waals surface area contributed by atoms with Crippen molar-refractivity contribution in [1.82, 2.24) is 10.9 Å². The zero-order valence-electron chi connectivity index (χ0n) is 7.25. The van der Waals surface area contributed by atoms with Crippen molar-refractivity contribution >= 4 is 11.5 Å². The molecule has 1 fully saturated rings. The summed E-state index contributed by atoms with van der Waals surface area (Å²) in [7, 11) is 0. The number of fused-ring (bicyclic) bond motifs is 3. The lowest BCUT2D eigenvalue weighted by molar-refractivity contribution is 0.549. The molecule has 2 heterocycles. The molecule has 2 aliphatic heterocycles. The lowest BCUT2D eigenvalue weighted by atomic mass is 9.95. The van der Waals surface area contributed by atoms with E-state index in [0.717, 1.165) is 24.5 Å². The third kappa shape index (κ3) is 0.971. The van der Waals surface area contributed by atoms with Crippen molar-refractivity contribution in [3.63, 3.8) is 0 Å². The Morgan fingerprint density at radius 3 is 3.23 bits per heavy atom. The summed E-state index contributed by atoms with van der Waals surface area (Å²) in [5.41, 5.74) is 8.73. The molecule has 2 N–H and O–H groups in total. The zero-order valence-corrected chi connectivity index (χ0v) is 7.25. The molecule has 0 aliphatic carbocycles. The van der Waals surface area contributed by atoms with Crippen molar-refractivity contribution in [2.45, 2.75) is 12.3 Å². The van der Waals surface area contributed by atoms with Gasteiger partial charge in [-0.05, 0) is 18.1 Å². The highest BCUT2D eigenvalue weighted by Crippen LogP contribution is 2.36. The van der Waals surface area contributed by atoms with Crippen LogP contribution in [-0.2, 0) is 0 Å². The summed E-state index contributed by atoms with van der Waals surface area (Å²) in [6.45, 7) is 1.01. The molecule has 66 valence electrons. The van der Waals surface area contributed by atoms with E-state index in [4.69, 9.17) is 0 Å². The molecule has 1 saturated heterocycles. The lowest BCUT2D eigenvalue weighted by Crippen LogP contribution is -2.45. The van der Waals surface area contributed by atoms with Gasteiger partial charge in [-0.3, -0.25) is 0 Å². The Hall–Kier alpha value is -1.35. The highest BCUT2D eigenvalue weighted by Gasteiger charge is 2.28. The summed E-state index contributed by atoms with van der Waals surface area (Å²) < 4.78 is 0. The first-order chi connectivity index (χ1) is 6.45. The van der Waals surface area contributed by atoms with Crippen LogP contribution in [0.3, 0.4) is 0 Å². The van der Waals surface area contributed by atoms with E-state index < -0.39 is 0 Å². The molecule has 0 aromatic heterocycles. The lowest BCUT2D eigenvalue weighted by Gasteiger charge is -2.22. The molecule has 0 radical (unpaired) electrons. The van der Waals surface area contributed by atoms with Gasteiger partial charge >= 0.3 is 0 Å². The minimum absolute atomic E-state index is 0.498. The molecular weight excluding hydrogens is 162 g/mol. The van der Waals surface area contributed by atoms with Gasteiger partial charge in [0.2, 0.25) is 0 Å². The Kier molecular flexibility index (Phi) is 1.40. The number of hydrazine groups is 1. The quantitative estimate of drug-likeness (QED) is 0.620. The number of amidine groups is 1. The first-order valence-corrected chi connectivity index (χ1v) is 4.61. The van der Waals surface area contributed by atoms with Gasteiger partial charge in [-0.15, -0.1) is 0 Å². The molecule has 1 atom stereocenters. The number of benzene rings is 1. The fourth-order valence-electron chi connectivity index (χ4n) is 2.02. The number of nitrogens with zero attached hydrogens (tertiary/aromatic N) is 1. The zero-order chi connectivity index (χ0) is 8.67. The average Bonchev–Trinajstić information content (AvgIpc) is 2.56. The second kappa shape index (κ2) is 2.57. The Morgan fingerprint density at radius 1 is 1.31 bits per heavy atom. The first kappa shape index (κ1) is 7.09. The van der Waals surface area contributed by atoms with Crippen molar-refractivity contribution in [2.75, 3.05) is 6.54 Å². The van der Waals surface area contributed by atoms with E-state index >= 15 is 0 Å². The predicted molar refractivity (Wildman–Crippen MR) is 52.0 cm³/mol. The van der Waals surface area contributed by atoms with Gasteiger partial charge in [-0.2, -0.15) is 0 Å². The maximum absolute atomic E-state index is 4.52. The van der Waals surface area contributed by atoms with Crippen LogP contribution in [0.1, 0.15) is 17.9 Å². The predicted octanol–water partition coefficient (Wildman–Crippen LogP) is 1.31. The van der Waals surface area contributed by atoms with Crippen LogP contribution in [0.5, 0.6) is 0 Å². The second-order valence-corrected chi connectivity index (χ2v) is 3.45. The topological polar surface area (TPSA) is 36.4 Å². The minimum Gasteiger partial charge on any atom is -0.309 e. The molecule has 0 spiro atoms. The van der Waals surface area contributed by atoms with E-state index in [2.05, 4.69) is 34.0 Å². The van der Waals surface area contributed by atoms with Gasteiger partial charge < -0.3 is 5.43 Å². The first-order valence-electron chi connectivity index (χ1n) is 4.61. The normalized spacial score (nSPS) is 24.3. The van der Waals surface area contributed by atoms with Gasteiger partial charge in [-0.25, -0.2) is 10.4 Å². The molecule has 1 aromatic carbocycles. The van der Waals surface area contributed by atoms with Crippen molar-refractivity contribution in [1.29, 1.82) is 0 Å². The Balaban J connectivity index is 2.09. The molecule has 0 bridgehead atoms. The molecular formula is C10H11N3. The molecule has 2 aliphatic rings. The van der Waals surface area contributed by atoms with E-state index in [1.807, 2.05) is 6.07 Å². The third-order valence-corrected chi connectivity index (χ3v) is 2.66. The molecule has 1 aromatic rings. The van der Waals surface area contributed by atoms with E-state index in [-0.39, 0.29) is 0 Å². The SMILES string of the molecule is c1ccc2c(c1)N=C1NNCCC12. The van der Waals surface area contributed by atoms with Gasteiger partial charge in [0.1, 0.15) is 5.84 Å². The summed E-state index contributed by atoms with van der Waals surface area (Å²) in [6.07, 6.45) is 1.14. The molecule has 3 nitrogen and oxygen atoms in total. The maximum Gasteiger partial charge on any atom is 0.124 e. The number of hydrogen-bond acceptors (Lipinski definition) is 3.